The summed E-state index contributed by atoms with van der Waals surface area (Å²) in [4.78, 5) is 25.7. The first-order valence-corrected chi connectivity index (χ1v) is 8.80. The lowest BCUT2D eigenvalue weighted by atomic mass is 9.74. The summed E-state index contributed by atoms with van der Waals surface area (Å²) in [5, 5.41) is 0. The molecule has 0 N–H and O–H groups in total. The summed E-state index contributed by atoms with van der Waals surface area (Å²) in [5.41, 5.74) is 5.42. The van der Waals surface area contributed by atoms with Crippen LogP contribution >= 0.6 is 0 Å². The topological polar surface area (TPSA) is 34.1 Å². The Morgan fingerprint density at radius 1 is 0.833 bits per heavy atom. The fourth-order valence-electron chi connectivity index (χ4n) is 4.43. The molecule has 0 heterocycles. The van der Waals surface area contributed by atoms with Crippen LogP contribution in [0.25, 0.3) is 11.1 Å². The second-order valence-electron chi connectivity index (χ2n) is 7.33. The van der Waals surface area contributed by atoms with Crippen molar-refractivity contribution < 1.29 is 9.59 Å². The molecule has 2 saturated carbocycles. The number of benzene rings is 2. The van der Waals surface area contributed by atoms with Crippen molar-refractivity contribution in [3.63, 3.8) is 0 Å². The van der Waals surface area contributed by atoms with E-state index in [2.05, 4.69) is 31.2 Å². The van der Waals surface area contributed by atoms with E-state index >= 15 is 0 Å². The Bertz CT molecular complexity index is 812. The van der Waals surface area contributed by atoms with Gasteiger partial charge in [0, 0.05) is 11.8 Å². The Kier molecular flexibility index (Phi) is 3.64. The highest BCUT2D eigenvalue weighted by atomic mass is 16.2. The van der Waals surface area contributed by atoms with Crippen molar-refractivity contribution >= 4 is 11.6 Å². The lowest BCUT2D eigenvalue weighted by molar-refractivity contribution is -0.135. The van der Waals surface area contributed by atoms with Crippen LogP contribution in [0, 0.1) is 25.7 Å². The number of rotatable bonds is 2. The second kappa shape index (κ2) is 5.70. The zero-order valence-corrected chi connectivity index (χ0v) is 14.2. The maximum Gasteiger partial charge on any atom is 0.150 e. The van der Waals surface area contributed by atoms with Crippen LogP contribution < -0.4 is 0 Å². The summed E-state index contributed by atoms with van der Waals surface area (Å²) >= 11 is 0. The molecule has 2 aliphatic carbocycles. The molecule has 2 aliphatic rings. The molecule has 2 aromatic carbocycles. The standard InChI is InChI=1S/C22H22O2/c1-13-5-3-4-6-18(13)15-8-7-14(2)19(12-15)20-21(23)16-9-10-17(11-16)22(20)24/h3-8,12,16-17,20H,9-11H2,1-2H3/t16-,17+,20?. The highest BCUT2D eigenvalue weighted by Gasteiger charge is 2.47. The van der Waals surface area contributed by atoms with Gasteiger partial charge in [-0.15, -0.1) is 0 Å². The van der Waals surface area contributed by atoms with Gasteiger partial charge in [-0.1, -0.05) is 36.4 Å². The summed E-state index contributed by atoms with van der Waals surface area (Å²) in [7, 11) is 0. The van der Waals surface area contributed by atoms with Gasteiger partial charge >= 0.3 is 0 Å². The molecule has 0 spiro atoms. The Morgan fingerprint density at radius 2 is 1.50 bits per heavy atom. The minimum Gasteiger partial charge on any atom is -0.298 e. The van der Waals surface area contributed by atoms with Crippen molar-refractivity contribution in [2.24, 2.45) is 11.8 Å². The number of ketones is 2. The van der Waals surface area contributed by atoms with Crippen LogP contribution in [0.5, 0.6) is 0 Å². The van der Waals surface area contributed by atoms with Crippen LogP contribution in [0.1, 0.15) is 41.9 Å². The van der Waals surface area contributed by atoms with Crippen LogP contribution in [-0.4, -0.2) is 11.6 Å². The lowest BCUT2D eigenvalue weighted by Gasteiger charge is -2.27. The zero-order valence-electron chi connectivity index (χ0n) is 14.2. The number of fused-ring (bicyclic) bond motifs is 2. The Balaban J connectivity index is 1.81. The molecular weight excluding hydrogens is 296 g/mol. The molecule has 4 rings (SSSR count). The van der Waals surface area contributed by atoms with E-state index in [4.69, 9.17) is 0 Å². The molecule has 0 aromatic heterocycles. The molecule has 0 saturated heterocycles. The quantitative estimate of drug-likeness (QED) is 0.757. The number of carbonyl (C=O) groups is 2. The third kappa shape index (κ3) is 2.32. The van der Waals surface area contributed by atoms with E-state index in [1.807, 2.05) is 25.1 Å². The number of hydrogen-bond acceptors (Lipinski definition) is 2. The number of Topliss-reactive ketones (excluding diaryl/α,β-unsaturated/α-hetero) is 2. The molecule has 2 fully saturated rings. The zero-order chi connectivity index (χ0) is 16.8. The summed E-state index contributed by atoms with van der Waals surface area (Å²) < 4.78 is 0. The smallest absolute Gasteiger partial charge is 0.150 e. The third-order valence-corrected chi connectivity index (χ3v) is 5.85. The maximum absolute atomic E-state index is 12.8. The van der Waals surface area contributed by atoms with E-state index in [1.54, 1.807) is 0 Å². The van der Waals surface area contributed by atoms with Gasteiger partial charge in [0.2, 0.25) is 0 Å². The van der Waals surface area contributed by atoms with Crippen molar-refractivity contribution in [3.8, 4) is 11.1 Å². The predicted octanol–water partition coefficient (Wildman–Crippen LogP) is 4.62. The normalized spacial score (nSPS) is 26.0. The average Bonchev–Trinajstić information content (AvgIpc) is 3.03. The van der Waals surface area contributed by atoms with Crippen molar-refractivity contribution in [1.82, 2.24) is 0 Å². The molecule has 3 atom stereocenters. The summed E-state index contributed by atoms with van der Waals surface area (Å²) in [6, 6.07) is 14.5. The number of hydrogen-bond donors (Lipinski definition) is 0. The fraction of sp³-hybridized carbons (Fsp3) is 0.364. The minimum atomic E-state index is -0.541. The minimum absolute atomic E-state index is 0.0965. The third-order valence-electron chi connectivity index (χ3n) is 5.85. The van der Waals surface area contributed by atoms with Gasteiger partial charge in [-0.2, -0.15) is 0 Å². The molecule has 24 heavy (non-hydrogen) atoms. The van der Waals surface area contributed by atoms with E-state index in [9.17, 15) is 9.59 Å². The van der Waals surface area contributed by atoms with Gasteiger partial charge in [0.25, 0.3) is 0 Å². The molecule has 0 amide bonds. The van der Waals surface area contributed by atoms with Crippen LogP contribution in [0.15, 0.2) is 42.5 Å². The molecule has 0 aliphatic heterocycles. The van der Waals surface area contributed by atoms with Crippen molar-refractivity contribution in [3.05, 3.63) is 59.2 Å². The van der Waals surface area contributed by atoms with Crippen LogP contribution in [-0.2, 0) is 9.59 Å². The van der Waals surface area contributed by atoms with Crippen LogP contribution in [0.3, 0.4) is 0 Å². The van der Waals surface area contributed by atoms with Gasteiger partial charge in [-0.25, -0.2) is 0 Å². The van der Waals surface area contributed by atoms with Gasteiger partial charge in [-0.3, -0.25) is 9.59 Å². The Labute approximate surface area is 142 Å². The molecule has 2 bridgehead atoms. The largest absolute Gasteiger partial charge is 0.298 e. The molecule has 2 aromatic rings. The number of aryl methyl sites for hydroxylation is 2. The van der Waals surface area contributed by atoms with Gasteiger partial charge in [0.15, 0.2) is 11.6 Å². The summed E-state index contributed by atoms with van der Waals surface area (Å²) in [6.07, 6.45) is 2.56. The van der Waals surface area contributed by atoms with Gasteiger partial charge in [0.1, 0.15) is 5.92 Å². The first-order valence-electron chi connectivity index (χ1n) is 8.80. The predicted molar refractivity (Wildman–Crippen MR) is 94.9 cm³/mol. The number of carbonyl (C=O) groups excluding carboxylic acids is 2. The first-order chi connectivity index (χ1) is 11.6. The molecule has 2 nitrogen and oxygen atoms in total. The fourth-order valence-corrected chi connectivity index (χ4v) is 4.43. The SMILES string of the molecule is Cc1ccccc1-c1ccc(C)c(C2C(=O)[C@@H]3CC[C@@H](C3)C2=O)c1. The molecule has 2 heteroatoms. The van der Waals surface area contributed by atoms with E-state index in [0.717, 1.165) is 41.5 Å². The van der Waals surface area contributed by atoms with Gasteiger partial charge in [-0.05, 0) is 67.0 Å². The molecule has 122 valence electrons. The Morgan fingerprint density at radius 3 is 2.17 bits per heavy atom. The highest BCUT2D eigenvalue weighted by Crippen LogP contribution is 2.45. The van der Waals surface area contributed by atoms with E-state index in [0.29, 0.717) is 0 Å². The average molecular weight is 318 g/mol. The summed E-state index contributed by atoms with van der Waals surface area (Å²) in [5.74, 6) is -0.0452. The van der Waals surface area contributed by atoms with Crippen LogP contribution in [0.2, 0.25) is 0 Å². The van der Waals surface area contributed by atoms with E-state index < -0.39 is 5.92 Å². The summed E-state index contributed by atoms with van der Waals surface area (Å²) in [6.45, 7) is 4.10. The van der Waals surface area contributed by atoms with Crippen molar-refractivity contribution in [1.29, 1.82) is 0 Å². The maximum atomic E-state index is 12.8. The first kappa shape index (κ1) is 15.3. The van der Waals surface area contributed by atoms with E-state index in [-0.39, 0.29) is 23.4 Å². The second-order valence-corrected chi connectivity index (χ2v) is 7.33. The van der Waals surface area contributed by atoms with Crippen LogP contribution in [0.4, 0.5) is 0 Å². The van der Waals surface area contributed by atoms with E-state index in [1.165, 1.54) is 5.56 Å². The molecule has 1 unspecified atom stereocenters. The monoisotopic (exact) mass is 318 g/mol. The Hall–Kier alpha value is -2.22. The van der Waals surface area contributed by atoms with Gasteiger partial charge < -0.3 is 0 Å². The molecular formula is C22H22O2. The lowest BCUT2D eigenvalue weighted by Crippen LogP contribution is -2.35. The van der Waals surface area contributed by atoms with Crippen molar-refractivity contribution in [2.45, 2.75) is 39.0 Å². The van der Waals surface area contributed by atoms with Crippen molar-refractivity contribution in [2.75, 3.05) is 0 Å². The highest BCUT2D eigenvalue weighted by molar-refractivity contribution is 6.12. The molecule has 0 radical (unpaired) electrons. The van der Waals surface area contributed by atoms with Gasteiger partial charge in [0.05, 0.1) is 0 Å².